The monoisotopic (exact) mass is 425 g/mol. The maximum atomic E-state index is 13.9. The standard InChI is InChI=1S/C21H26F3N3O3/c1-21(2,3)27-11-12(10-16(27)28)19(29)25-13-6-8-26(9-7-13)20(30)14-4-5-15(22)18(24)17(14)23/h4-5,12-13H,6-11H2,1-3H3,(H,25,29). The van der Waals surface area contributed by atoms with Crippen molar-refractivity contribution in [1.29, 1.82) is 0 Å². The fraction of sp³-hybridized carbons (Fsp3) is 0.571. The molecule has 3 rings (SSSR count). The van der Waals surface area contributed by atoms with Crippen molar-refractivity contribution in [1.82, 2.24) is 15.1 Å². The van der Waals surface area contributed by atoms with Gasteiger partial charge < -0.3 is 15.1 Å². The lowest BCUT2D eigenvalue weighted by atomic mass is 10.0. The lowest BCUT2D eigenvalue weighted by molar-refractivity contribution is -0.132. The lowest BCUT2D eigenvalue weighted by Gasteiger charge is -2.33. The summed E-state index contributed by atoms with van der Waals surface area (Å²) >= 11 is 0. The van der Waals surface area contributed by atoms with Crippen molar-refractivity contribution in [3.05, 3.63) is 35.1 Å². The van der Waals surface area contributed by atoms with Crippen molar-refractivity contribution in [3.63, 3.8) is 0 Å². The van der Waals surface area contributed by atoms with E-state index in [1.54, 1.807) is 4.90 Å². The van der Waals surface area contributed by atoms with E-state index < -0.39 is 34.8 Å². The number of amides is 3. The molecular weight excluding hydrogens is 399 g/mol. The number of carbonyl (C=O) groups excluding carboxylic acids is 3. The molecule has 2 aliphatic rings. The lowest BCUT2D eigenvalue weighted by Crippen LogP contribution is -2.48. The number of rotatable bonds is 3. The third kappa shape index (κ3) is 4.44. The Morgan fingerprint density at radius 1 is 1.07 bits per heavy atom. The smallest absolute Gasteiger partial charge is 0.256 e. The Balaban J connectivity index is 1.54. The van der Waals surface area contributed by atoms with Crippen molar-refractivity contribution in [2.75, 3.05) is 19.6 Å². The van der Waals surface area contributed by atoms with Gasteiger partial charge in [-0.3, -0.25) is 14.4 Å². The topological polar surface area (TPSA) is 69.7 Å². The number of hydrogen-bond donors (Lipinski definition) is 1. The second-order valence-corrected chi connectivity index (χ2v) is 8.87. The van der Waals surface area contributed by atoms with Crippen LogP contribution in [0.4, 0.5) is 13.2 Å². The Morgan fingerprint density at radius 3 is 2.27 bits per heavy atom. The average molecular weight is 425 g/mol. The van der Waals surface area contributed by atoms with Gasteiger partial charge in [0.05, 0.1) is 11.5 Å². The van der Waals surface area contributed by atoms with Gasteiger partial charge in [-0.25, -0.2) is 13.2 Å². The van der Waals surface area contributed by atoms with E-state index in [1.807, 2.05) is 20.8 Å². The van der Waals surface area contributed by atoms with Gasteiger partial charge in [-0.05, 0) is 45.7 Å². The molecule has 0 spiro atoms. The Morgan fingerprint density at radius 2 is 1.70 bits per heavy atom. The van der Waals surface area contributed by atoms with E-state index in [9.17, 15) is 27.6 Å². The van der Waals surface area contributed by atoms with Crippen LogP contribution >= 0.6 is 0 Å². The summed E-state index contributed by atoms with van der Waals surface area (Å²) in [7, 11) is 0. The van der Waals surface area contributed by atoms with Crippen LogP contribution in [0.25, 0.3) is 0 Å². The van der Waals surface area contributed by atoms with E-state index in [4.69, 9.17) is 0 Å². The predicted molar refractivity (Wildman–Crippen MR) is 103 cm³/mol. The number of benzene rings is 1. The highest BCUT2D eigenvalue weighted by molar-refractivity contribution is 5.94. The second kappa shape index (κ2) is 8.28. The molecule has 1 aromatic carbocycles. The molecular formula is C21H26F3N3O3. The molecule has 3 amide bonds. The van der Waals surface area contributed by atoms with Gasteiger partial charge in [0.15, 0.2) is 17.5 Å². The molecule has 9 heteroatoms. The largest absolute Gasteiger partial charge is 0.353 e. The first-order chi connectivity index (χ1) is 14.0. The third-order valence-corrected chi connectivity index (χ3v) is 5.70. The van der Waals surface area contributed by atoms with E-state index in [0.29, 0.717) is 19.4 Å². The highest BCUT2D eigenvalue weighted by atomic mass is 19.2. The van der Waals surface area contributed by atoms with Crippen LogP contribution in [0, 0.1) is 23.4 Å². The van der Waals surface area contributed by atoms with Crippen LogP contribution in [0.3, 0.4) is 0 Å². The van der Waals surface area contributed by atoms with Crippen LogP contribution < -0.4 is 5.32 Å². The molecule has 2 aliphatic heterocycles. The molecule has 30 heavy (non-hydrogen) atoms. The number of halogens is 3. The van der Waals surface area contributed by atoms with Gasteiger partial charge in [0.25, 0.3) is 5.91 Å². The zero-order valence-electron chi connectivity index (χ0n) is 17.3. The normalized spacial score (nSPS) is 20.6. The summed E-state index contributed by atoms with van der Waals surface area (Å²) in [6.07, 6.45) is 1.08. The molecule has 164 valence electrons. The molecule has 0 bridgehead atoms. The Hall–Kier alpha value is -2.58. The predicted octanol–water partition coefficient (Wildman–Crippen LogP) is 2.47. The van der Waals surface area contributed by atoms with Crippen LogP contribution in [0.2, 0.25) is 0 Å². The number of likely N-dealkylation sites (tertiary alicyclic amines) is 2. The summed E-state index contributed by atoms with van der Waals surface area (Å²) < 4.78 is 40.4. The number of piperidine rings is 1. The summed E-state index contributed by atoms with van der Waals surface area (Å²) in [5.74, 6) is -5.86. The molecule has 2 heterocycles. The number of hydrogen-bond acceptors (Lipinski definition) is 3. The minimum atomic E-state index is -1.67. The van der Waals surface area contributed by atoms with Gasteiger partial charge in [0.1, 0.15) is 0 Å². The third-order valence-electron chi connectivity index (χ3n) is 5.70. The van der Waals surface area contributed by atoms with Crippen LogP contribution in [0.15, 0.2) is 12.1 Å². The number of carbonyl (C=O) groups is 3. The summed E-state index contributed by atoms with van der Waals surface area (Å²) in [4.78, 5) is 40.3. The second-order valence-electron chi connectivity index (χ2n) is 8.87. The van der Waals surface area contributed by atoms with Gasteiger partial charge in [-0.2, -0.15) is 0 Å². The van der Waals surface area contributed by atoms with Gasteiger partial charge >= 0.3 is 0 Å². The quantitative estimate of drug-likeness (QED) is 0.757. The van der Waals surface area contributed by atoms with Crippen molar-refractivity contribution >= 4 is 17.7 Å². The molecule has 0 saturated carbocycles. The minimum absolute atomic E-state index is 0.0448. The first-order valence-electron chi connectivity index (χ1n) is 10.0. The highest BCUT2D eigenvalue weighted by Gasteiger charge is 2.40. The highest BCUT2D eigenvalue weighted by Crippen LogP contribution is 2.26. The van der Waals surface area contributed by atoms with Crippen molar-refractivity contribution in [2.45, 2.75) is 51.6 Å². The average Bonchev–Trinajstić information content (AvgIpc) is 3.09. The molecule has 0 radical (unpaired) electrons. The number of nitrogens with zero attached hydrogens (tertiary/aromatic N) is 2. The van der Waals surface area contributed by atoms with Crippen LogP contribution in [0.5, 0.6) is 0 Å². The SMILES string of the molecule is CC(C)(C)N1CC(C(=O)NC2CCN(C(=O)c3ccc(F)c(F)c3F)CC2)CC1=O. The molecule has 2 saturated heterocycles. The molecule has 2 fully saturated rings. The van der Waals surface area contributed by atoms with Gasteiger partial charge in [-0.15, -0.1) is 0 Å². The summed E-state index contributed by atoms with van der Waals surface area (Å²) in [5, 5.41) is 2.94. The Kier molecular flexibility index (Phi) is 6.10. The van der Waals surface area contributed by atoms with E-state index in [0.717, 1.165) is 12.1 Å². The van der Waals surface area contributed by atoms with Crippen molar-refractivity contribution in [2.24, 2.45) is 5.92 Å². The zero-order chi connectivity index (χ0) is 22.2. The van der Waals surface area contributed by atoms with Crippen LogP contribution in [-0.2, 0) is 9.59 Å². The summed E-state index contributed by atoms with van der Waals surface area (Å²) in [5.41, 5.74) is -0.851. The van der Waals surface area contributed by atoms with Crippen molar-refractivity contribution in [3.8, 4) is 0 Å². The first kappa shape index (κ1) is 22.1. The maximum absolute atomic E-state index is 13.9. The van der Waals surface area contributed by atoms with E-state index >= 15 is 0 Å². The maximum Gasteiger partial charge on any atom is 0.256 e. The van der Waals surface area contributed by atoms with Gasteiger partial charge in [0, 0.05) is 37.6 Å². The molecule has 6 nitrogen and oxygen atoms in total. The fourth-order valence-electron chi connectivity index (χ4n) is 3.94. The van der Waals surface area contributed by atoms with Crippen molar-refractivity contribution < 1.29 is 27.6 Å². The van der Waals surface area contributed by atoms with Crippen LogP contribution in [0.1, 0.15) is 50.4 Å². The van der Waals surface area contributed by atoms with Gasteiger partial charge in [-0.1, -0.05) is 0 Å². The molecule has 1 unspecified atom stereocenters. The van der Waals surface area contributed by atoms with E-state index in [2.05, 4.69) is 5.32 Å². The molecule has 1 N–H and O–H groups in total. The molecule has 1 aromatic rings. The Bertz CT molecular complexity index is 861. The Labute approximate surface area is 173 Å². The minimum Gasteiger partial charge on any atom is -0.353 e. The molecule has 0 aliphatic carbocycles. The zero-order valence-corrected chi connectivity index (χ0v) is 17.3. The molecule has 0 aromatic heterocycles. The number of nitrogens with one attached hydrogen (secondary N) is 1. The van der Waals surface area contributed by atoms with Gasteiger partial charge in [0.2, 0.25) is 11.8 Å². The summed E-state index contributed by atoms with van der Waals surface area (Å²) in [6, 6.07) is 1.49. The fourth-order valence-corrected chi connectivity index (χ4v) is 3.94. The van der Waals surface area contributed by atoms with E-state index in [-0.39, 0.29) is 42.9 Å². The summed E-state index contributed by atoms with van der Waals surface area (Å²) in [6.45, 7) is 6.65. The van der Waals surface area contributed by atoms with E-state index in [1.165, 1.54) is 4.90 Å². The molecule has 1 atom stereocenters. The first-order valence-corrected chi connectivity index (χ1v) is 10.0. The van der Waals surface area contributed by atoms with Crippen LogP contribution in [-0.4, -0.2) is 58.7 Å².